The van der Waals surface area contributed by atoms with Crippen molar-refractivity contribution in [2.24, 2.45) is 0 Å². The number of fused-ring (bicyclic) bond motifs is 1. The molecule has 0 radical (unpaired) electrons. The fraction of sp³-hybridized carbons (Fsp3) is 0.286. The van der Waals surface area contributed by atoms with Gasteiger partial charge in [-0.05, 0) is 62.6 Å². The number of rotatable bonds is 7. The van der Waals surface area contributed by atoms with Crippen molar-refractivity contribution in [1.82, 2.24) is 34.3 Å². The Balaban J connectivity index is 1.76. The molecular weight excluding hydrogens is 430 g/mol. The van der Waals surface area contributed by atoms with Gasteiger partial charge in [0.2, 0.25) is 0 Å². The summed E-state index contributed by atoms with van der Waals surface area (Å²) in [7, 11) is 0. The Morgan fingerprint density at radius 2 is 2.06 bits per heavy atom. The first-order chi connectivity index (χ1) is 15.3. The topological polar surface area (TPSA) is 131 Å². The quantitative estimate of drug-likeness (QED) is 0.423. The van der Waals surface area contributed by atoms with Crippen LogP contribution >= 0.6 is 0 Å². The van der Waals surface area contributed by atoms with Crippen LogP contribution in [0, 0.1) is 6.92 Å². The molecule has 0 fully saturated rings. The summed E-state index contributed by atoms with van der Waals surface area (Å²) in [5.41, 5.74) is 2.13. The van der Waals surface area contributed by atoms with Crippen LogP contribution in [0.5, 0.6) is 0 Å². The summed E-state index contributed by atoms with van der Waals surface area (Å²) < 4.78 is 27.0. The Bertz CT molecular complexity index is 1360. The van der Waals surface area contributed by atoms with Crippen LogP contribution in [0.4, 0.5) is 0 Å². The molecule has 3 heterocycles. The lowest BCUT2D eigenvalue weighted by Gasteiger charge is -2.12. The summed E-state index contributed by atoms with van der Waals surface area (Å²) in [5, 5.41) is 13.7. The fourth-order valence-electron chi connectivity index (χ4n) is 3.52. The third-order valence-corrected chi connectivity index (χ3v) is 5.61. The van der Waals surface area contributed by atoms with Crippen molar-refractivity contribution in [2.75, 3.05) is 6.54 Å². The van der Waals surface area contributed by atoms with Crippen LogP contribution in [0.25, 0.3) is 28.1 Å². The zero-order valence-corrected chi connectivity index (χ0v) is 18.7. The molecule has 0 saturated carbocycles. The largest absolute Gasteiger partial charge is 0.760 e. The molecule has 0 saturated heterocycles. The van der Waals surface area contributed by atoms with E-state index in [9.17, 15) is 13.6 Å². The monoisotopic (exact) mass is 452 g/mol. The molecule has 4 rings (SSSR count). The molecule has 0 spiro atoms. The minimum absolute atomic E-state index is 0.155. The molecule has 11 heteroatoms. The summed E-state index contributed by atoms with van der Waals surface area (Å²) in [4.78, 5) is 17.9. The predicted octanol–water partition coefficient (Wildman–Crippen LogP) is 1.85. The number of aromatic nitrogens is 6. The van der Waals surface area contributed by atoms with E-state index in [2.05, 4.69) is 25.0 Å². The summed E-state index contributed by atoms with van der Waals surface area (Å²) >= 11 is -2.32. The fourth-order valence-corrected chi connectivity index (χ4v) is 3.79. The number of pyridine rings is 1. The van der Waals surface area contributed by atoms with Gasteiger partial charge in [0.25, 0.3) is 5.56 Å². The van der Waals surface area contributed by atoms with E-state index in [1.54, 1.807) is 30.7 Å². The summed E-state index contributed by atoms with van der Waals surface area (Å²) in [5.74, 6) is 0.982. The van der Waals surface area contributed by atoms with E-state index in [0.29, 0.717) is 34.5 Å². The van der Waals surface area contributed by atoms with Gasteiger partial charge < -0.3 is 9.12 Å². The highest BCUT2D eigenvalue weighted by Crippen LogP contribution is 2.20. The Labute approximate surface area is 186 Å². The molecule has 1 unspecified atom stereocenters. The van der Waals surface area contributed by atoms with Gasteiger partial charge in [-0.25, -0.2) is 9.71 Å². The van der Waals surface area contributed by atoms with E-state index in [0.717, 1.165) is 11.1 Å². The molecule has 0 amide bonds. The summed E-state index contributed by atoms with van der Waals surface area (Å²) in [6.07, 6.45) is 3.75. The smallest absolute Gasteiger partial charge is 0.280 e. The molecule has 0 aliphatic carbocycles. The SMILES string of the molecule is Cc1cc2cnn(-c3cccc(-c4nncn4C(C)C)n3)c(=O)c2cc1CCNS(=O)[O-]. The van der Waals surface area contributed by atoms with E-state index >= 15 is 0 Å². The molecular formula is C21H22N7O3S-. The number of hydrogen-bond acceptors (Lipinski definition) is 7. The van der Waals surface area contributed by atoms with Gasteiger partial charge in [0.05, 0.1) is 11.6 Å². The standard InChI is InChI=1S/C21H23N7O3S/c1-13(2)27-12-22-26-20(27)18-5-4-6-19(25-18)28-21(29)17-10-15(7-8-24-32(30)31)14(3)9-16(17)11-23-28/h4-6,9-13,24H,7-8H2,1-3H3,(H,30,31)/p-1. The number of nitrogens with one attached hydrogen (secondary N) is 1. The highest BCUT2D eigenvalue weighted by Gasteiger charge is 2.14. The van der Waals surface area contributed by atoms with Gasteiger partial charge in [-0.15, -0.1) is 10.2 Å². The van der Waals surface area contributed by atoms with Crippen LogP contribution in [0.15, 0.2) is 47.7 Å². The van der Waals surface area contributed by atoms with Crippen molar-refractivity contribution in [1.29, 1.82) is 0 Å². The molecule has 1 N–H and O–H groups in total. The molecule has 0 aliphatic heterocycles. The normalized spacial score (nSPS) is 12.5. The van der Waals surface area contributed by atoms with Crippen molar-refractivity contribution in [2.45, 2.75) is 33.2 Å². The lowest BCUT2D eigenvalue weighted by molar-refractivity contribution is 0.523. The van der Waals surface area contributed by atoms with Crippen molar-refractivity contribution >= 4 is 22.0 Å². The summed E-state index contributed by atoms with van der Waals surface area (Å²) in [6.45, 7) is 6.22. The molecule has 10 nitrogen and oxygen atoms in total. The molecule has 1 atom stereocenters. The van der Waals surface area contributed by atoms with Crippen molar-refractivity contribution in [3.63, 3.8) is 0 Å². The van der Waals surface area contributed by atoms with E-state index in [-0.39, 0.29) is 18.1 Å². The zero-order valence-electron chi connectivity index (χ0n) is 17.8. The zero-order chi connectivity index (χ0) is 22.8. The third-order valence-electron chi connectivity index (χ3n) is 5.17. The van der Waals surface area contributed by atoms with Crippen LogP contribution in [0.3, 0.4) is 0 Å². The lowest BCUT2D eigenvalue weighted by Crippen LogP contribution is -2.23. The second kappa shape index (κ2) is 9.07. The van der Waals surface area contributed by atoms with Gasteiger partial charge in [-0.2, -0.15) is 9.78 Å². The molecule has 3 aromatic heterocycles. The first-order valence-corrected chi connectivity index (χ1v) is 11.1. The number of benzene rings is 1. The van der Waals surface area contributed by atoms with E-state index in [4.69, 9.17) is 0 Å². The average Bonchev–Trinajstić information content (AvgIpc) is 3.25. The first-order valence-electron chi connectivity index (χ1n) is 10.1. The maximum Gasteiger partial charge on any atom is 0.280 e. The summed E-state index contributed by atoms with van der Waals surface area (Å²) in [6, 6.07) is 9.15. The molecule has 32 heavy (non-hydrogen) atoms. The van der Waals surface area contributed by atoms with Gasteiger partial charge in [-0.3, -0.25) is 9.00 Å². The third kappa shape index (κ3) is 4.35. The van der Waals surface area contributed by atoms with Gasteiger partial charge >= 0.3 is 0 Å². The van der Waals surface area contributed by atoms with Crippen LogP contribution in [0.1, 0.15) is 31.0 Å². The Morgan fingerprint density at radius 3 is 2.81 bits per heavy atom. The highest BCUT2D eigenvalue weighted by atomic mass is 32.2. The maximum absolute atomic E-state index is 13.3. The highest BCUT2D eigenvalue weighted by molar-refractivity contribution is 7.77. The van der Waals surface area contributed by atoms with Crippen molar-refractivity contribution < 1.29 is 8.76 Å². The Morgan fingerprint density at radius 1 is 1.25 bits per heavy atom. The van der Waals surface area contributed by atoms with Gasteiger partial charge in [0.1, 0.15) is 12.0 Å². The average molecular weight is 453 g/mol. The predicted molar refractivity (Wildman–Crippen MR) is 120 cm³/mol. The van der Waals surface area contributed by atoms with E-state index < -0.39 is 11.3 Å². The van der Waals surface area contributed by atoms with Gasteiger partial charge in [-0.1, -0.05) is 6.07 Å². The molecule has 166 valence electrons. The maximum atomic E-state index is 13.3. The van der Waals surface area contributed by atoms with Crippen LogP contribution < -0.4 is 10.3 Å². The van der Waals surface area contributed by atoms with Crippen LogP contribution in [-0.4, -0.2) is 44.8 Å². The lowest BCUT2D eigenvalue weighted by atomic mass is 10.0. The van der Waals surface area contributed by atoms with Crippen molar-refractivity contribution in [3.8, 4) is 17.3 Å². The second-order valence-electron chi connectivity index (χ2n) is 7.64. The van der Waals surface area contributed by atoms with Crippen LogP contribution in [-0.2, 0) is 17.7 Å². The van der Waals surface area contributed by atoms with E-state index in [1.807, 2.05) is 37.5 Å². The number of nitrogens with zero attached hydrogens (tertiary/aromatic N) is 6. The molecule has 0 bridgehead atoms. The minimum atomic E-state index is -2.32. The van der Waals surface area contributed by atoms with Crippen LogP contribution in [0.2, 0.25) is 0 Å². The Hall–Kier alpha value is -3.28. The minimum Gasteiger partial charge on any atom is -0.760 e. The molecule has 0 aliphatic rings. The van der Waals surface area contributed by atoms with E-state index in [1.165, 1.54) is 4.68 Å². The van der Waals surface area contributed by atoms with Crippen molar-refractivity contribution in [3.05, 3.63) is 64.3 Å². The number of hydrogen-bond donors (Lipinski definition) is 1. The second-order valence-corrected chi connectivity index (χ2v) is 8.40. The van der Waals surface area contributed by atoms with Gasteiger partial charge in [0.15, 0.2) is 11.6 Å². The molecule has 4 aromatic rings. The Kier molecular flexibility index (Phi) is 6.21. The van der Waals surface area contributed by atoms with Gasteiger partial charge in [0, 0.05) is 29.2 Å². The first kappa shape index (κ1) is 21.9. The number of aryl methyl sites for hydroxylation is 1. The molecule has 1 aromatic carbocycles.